The van der Waals surface area contributed by atoms with Gasteiger partial charge in [-0.1, -0.05) is 0 Å². The van der Waals surface area contributed by atoms with Gasteiger partial charge >= 0.3 is 12.1 Å². The van der Waals surface area contributed by atoms with Crippen LogP contribution in [0.3, 0.4) is 0 Å². The Morgan fingerprint density at radius 1 is 1.33 bits per heavy atom. The first-order valence-corrected chi connectivity index (χ1v) is 8.95. The van der Waals surface area contributed by atoms with Gasteiger partial charge in [0.05, 0.1) is 18.1 Å². The van der Waals surface area contributed by atoms with Crippen LogP contribution in [0.2, 0.25) is 0 Å². The fraction of sp³-hybridized carbons (Fsp3) is 0.526. The molecule has 27 heavy (non-hydrogen) atoms. The lowest BCUT2D eigenvalue weighted by Crippen LogP contribution is -2.33. The third kappa shape index (κ3) is 4.20. The molecule has 1 saturated carbocycles. The normalized spacial score (nSPS) is 14.3. The minimum atomic E-state index is -0.724. The van der Waals surface area contributed by atoms with Crippen LogP contribution in [0.15, 0.2) is 12.1 Å². The van der Waals surface area contributed by atoms with E-state index in [9.17, 15) is 14.0 Å². The zero-order valence-corrected chi connectivity index (χ0v) is 16.0. The third-order valence-corrected chi connectivity index (χ3v) is 4.19. The van der Waals surface area contributed by atoms with E-state index in [-0.39, 0.29) is 11.6 Å². The number of methoxy groups -OCH3 is 1. The number of halogens is 1. The number of esters is 1. The number of ether oxygens (including phenoxy) is 2. The molecule has 7 nitrogen and oxygen atoms in total. The molecule has 0 radical (unpaired) electrons. The Morgan fingerprint density at radius 2 is 2.04 bits per heavy atom. The second-order valence-corrected chi connectivity index (χ2v) is 7.59. The highest BCUT2D eigenvalue weighted by Crippen LogP contribution is 2.40. The maximum absolute atomic E-state index is 14.3. The number of nitrogens with one attached hydrogen (secondary N) is 1. The van der Waals surface area contributed by atoms with Gasteiger partial charge in [0.2, 0.25) is 0 Å². The van der Waals surface area contributed by atoms with Gasteiger partial charge in [-0.3, -0.25) is 0 Å². The number of carbonyl (C=O) groups is 2. The lowest BCUT2D eigenvalue weighted by atomic mass is 10.1. The molecular formula is C19H24FN3O4. The number of nitrogens with zero attached hydrogens (tertiary/aromatic N) is 2. The van der Waals surface area contributed by atoms with Crippen LogP contribution in [0.4, 0.5) is 9.18 Å². The van der Waals surface area contributed by atoms with Crippen molar-refractivity contribution in [3.05, 3.63) is 29.3 Å². The molecule has 0 atom stereocenters. The summed E-state index contributed by atoms with van der Waals surface area (Å²) in [4.78, 5) is 28.5. The Bertz CT molecular complexity index is 881. The van der Waals surface area contributed by atoms with Crippen molar-refractivity contribution in [1.29, 1.82) is 0 Å². The molecule has 1 aromatic carbocycles. The number of alkyl carbamates (subject to hydrolysis) is 1. The van der Waals surface area contributed by atoms with Crippen molar-refractivity contribution in [2.75, 3.05) is 13.7 Å². The van der Waals surface area contributed by atoms with Gasteiger partial charge in [0.1, 0.15) is 22.8 Å². The van der Waals surface area contributed by atoms with E-state index < -0.39 is 23.5 Å². The molecule has 3 rings (SSSR count). The van der Waals surface area contributed by atoms with Crippen molar-refractivity contribution < 1.29 is 23.5 Å². The molecule has 8 heteroatoms. The zero-order valence-electron chi connectivity index (χ0n) is 16.0. The average Bonchev–Trinajstić information content (AvgIpc) is 3.34. The number of fused-ring (bicyclic) bond motifs is 1. The third-order valence-electron chi connectivity index (χ3n) is 4.19. The molecule has 1 aliphatic rings. The number of hydrogen-bond acceptors (Lipinski definition) is 5. The van der Waals surface area contributed by atoms with Gasteiger partial charge in [-0.05, 0) is 45.7 Å². The highest BCUT2D eigenvalue weighted by molar-refractivity contribution is 6.02. The van der Waals surface area contributed by atoms with Crippen molar-refractivity contribution in [2.45, 2.75) is 51.7 Å². The van der Waals surface area contributed by atoms with Crippen LogP contribution < -0.4 is 5.32 Å². The fourth-order valence-electron chi connectivity index (χ4n) is 3.00. The predicted octanol–water partition coefficient (Wildman–Crippen LogP) is 3.36. The molecule has 0 spiro atoms. The SMILES string of the molecule is COC(=O)c1c(F)ccc2nc(CCNC(=O)OC(C)(C)C)n(C3CC3)c12. The van der Waals surface area contributed by atoms with Gasteiger partial charge in [-0.25, -0.2) is 19.0 Å². The maximum Gasteiger partial charge on any atom is 0.407 e. The molecule has 2 aromatic rings. The van der Waals surface area contributed by atoms with E-state index in [1.807, 2.05) is 4.57 Å². The van der Waals surface area contributed by atoms with Crippen LogP contribution in [0, 0.1) is 5.82 Å². The van der Waals surface area contributed by atoms with Gasteiger partial charge in [-0.2, -0.15) is 0 Å². The van der Waals surface area contributed by atoms with E-state index in [2.05, 4.69) is 10.3 Å². The standard InChI is InChI=1S/C19H24FN3O4/c1-19(2,3)27-18(25)21-10-9-14-22-13-8-7-12(20)15(17(24)26-4)16(13)23(14)11-5-6-11/h7-8,11H,5-6,9-10H2,1-4H3,(H,21,25). The van der Waals surface area contributed by atoms with E-state index in [1.165, 1.54) is 13.2 Å². The first kappa shape index (κ1) is 19.1. The van der Waals surface area contributed by atoms with Crippen molar-refractivity contribution in [3.63, 3.8) is 0 Å². The molecule has 1 aliphatic carbocycles. The molecule has 0 saturated heterocycles. The van der Waals surface area contributed by atoms with Crippen molar-refractivity contribution >= 4 is 23.1 Å². The van der Waals surface area contributed by atoms with Crippen molar-refractivity contribution in [1.82, 2.24) is 14.9 Å². The van der Waals surface area contributed by atoms with E-state index in [0.717, 1.165) is 12.8 Å². The number of aromatic nitrogens is 2. The predicted molar refractivity (Wildman–Crippen MR) is 97.2 cm³/mol. The summed E-state index contributed by atoms with van der Waals surface area (Å²) < 4.78 is 26.2. The van der Waals surface area contributed by atoms with E-state index >= 15 is 0 Å². The quantitative estimate of drug-likeness (QED) is 0.808. The second kappa shape index (κ2) is 7.17. The monoisotopic (exact) mass is 377 g/mol. The van der Waals surface area contributed by atoms with Crippen molar-refractivity contribution in [3.8, 4) is 0 Å². The van der Waals surface area contributed by atoms with Crippen LogP contribution in [0.5, 0.6) is 0 Å². The molecule has 0 aliphatic heterocycles. The van der Waals surface area contributed by atoms with Gasteiger partial charge < -0.3 is 19.4 Å². The topological polar surface area (TPSA) is 82.4 Å². The van der Waals surface area contributed by atoms with Crippen molar-refractivity contribution in [2.24, 2.45) is 0 Å². The average molecular weight is 377 g/mol. The van der Waals surface area contributed by atoms with Gasteiger partial charge in [-0.15, -0.1) is 0 Å². The summed E-state index contributed by atoms with van der Waals surface area (Å²) in [6, 6.07) is 2.96. The summed E-state index contributed by atoms with van der Waals surface area (Å²) in [5.74, 6) is -0.660. The molecule has 1 amide bonds. The highest BCUT2D eigenvalue weighted by Gasteiger charge is 2.31. The minimum absolute atomic E-state index is 0.0965. The largest absolute Gasteiger partial charge is 0.465 e. The summed E-state index contributed by atoms with van der Waals surface area (Å²) >= 11 is 0. The molecule has 0 bridgehead atoms. The molecular weight excluding hydrogens is 353 g/mol. The zero-order chi connectivity index (χ0) is 19.8. The van der Waals surface area contributed by atoms with Gasteiger partial charge in [0.15, 0.2) is 0 Å². The smallest absolute Gasteiger partial charge is 0.407 e. The first-order valence-electron chi connectivity index (χ1n) is 8.95. The number of imidazole rings is 1. The molecule has 1 aromatic heterocycles. The number of amides is 1. The number of carbonyl (C=O) groups excluding carboxylic acids is 2. The van der Waals surface area contributed by atoms with E-state index in [1.54, 1.807) is 26.8 Å². The summed E-state index contributed by atoms with van der Waals surface area (Å²) in [7, 11) is 1.23. The number of benzene rings is 1. The summed E-state index contributed by atoms with van der Waals surface area (Å²) in [6.45, 7) is 5.70. The number of rotatable bonds is 5. The minimum Gasteiger partial charge on any atom is -0.465 e. The molecule has 1 N–H and O–H groups in total. The Kier molecular flexibility index (Phi) is 5.08. The Balaban J connectivity index is 1.87. The Hall–Kier alpha value is -2.64. The van der Waals surface area contributed by atoms with Crippen LogP contribution in [-0.2, 0) is 15.9 Å². The fourth-order valence-corrected chi connectivity index (χ4v) is 3.00. The van der Waals surface area contributed by atoms with Crippen LogP contribution in [-0.4, -0.2) is 40.9 Å². The van der Waals surface area contributed by atoms with E-state index in [4.69, 9.17) is 9.47 Å². The highest BCUT2D eigenvalue weighted by atomic mass is 19.1. The molecule has 0 unspecified atom stereocenters. The molecule has 1 heterocycles. The summed E-state index contributed by atoms with van der Waals surface area (Å²) in [6.07, 6.45) is 1.81. The second-order valence-electron chi connectivity index (χ2n) is 7.59. The van der Waals surface area contributed by atoms with Crippen LogP contribution in [0.1, 0.15) is 55.8 Å². The lowest BCUT2D eigenvalue weighted by molar-refractivity contribution is 0.0527. The van der Waals surface area contributed by atoms with Crippen LogP contribution >= 0.6 is 0 Å². The Morgan fingerprint density at radius 3 is 2.63 bits per heavy atom. The Labute approximate surface area is 156 Å². The van der Waals surface area contributed by atoms with Crippen LogP contribution in [0.25, 0.3) is 11.0 Å². The lowest BCUT2D eigenvalue weighted by Gasteiger charge is -2.19. The molecule has 1 fully saturated rings. The summed E-state index contributed by atoms with van der Waals surface area (Å²) in [5.41, 5.74) is 0.325. The summed E-state index contributed by atoms with van der Waals surface area (Å²) in [5, 5.41) is 2.70. The number of hydrogen-bond donors (Lipinski definition) is 1. The maximum atomic E-state index is 14.3. The van der Waals surface area contributed by atoms with Gasteiger partial charge in [0.25, 0.3) is 0 Å². The molecule has 146 valence electrons. The first-order chi connectivity index (χ1) is 12.7. The van der Waals surface area contributed by atoms with E-state index in [0.29, 0.717) is 29.8 Å². The van der Waals surface area contributed by atoms with Gasteiger partial charge in [0, 0.05) is 19.0 Å².